The van der Waals surface area contributed by atoms with Crippen LogP contribution in [-0.4, -0.2) is 16.1 Å². The lowest BCUT2D eigenvalue weighted by atomic mass is 10.0. The van der Waals surface area contributed by atoms with E-state index < -0.39 is 5.97 Å². The SMILES string of the molecule is Cc1cnc(CC(=O)O)cc1-c1ccccc1. The molecule has 0 aliphatic carbocycles. The molecule has 2 aromatic rings. The van der Waals surface area contributed by atoms with Crippen molar-refractivity contribution in [3.63, 3.8) is 0 Å². The van der Waals surface area contributed by atoms with Crippen LogP contribution in [0.15, 0.2) is 42.6 Å². The number of hydrogen-bond donors (Lipinski definition) is 1. The van der Waals surface area contributed by atoms with Crippen molar-refractivity contribution in [1.29, 1.82) is 0 Å². The van der Waals surface area contributed by atoms with Crippen LogP contribution < -0.4 is 0 Å². The summed E-state index contributed by atoms with van der Waals surface area (Å²) in [5.74, 6) is -0.861. The van der Waals surface area contributed by atoms with Gasteiger partial charge in [0, 0.05) is 6.20 Å². The Labute approximate surface area is 99.8 Å². The summed E-state index contributed by atoms with van der Waals surface area (Å²) in [5, 5.41) is 8.76. The maximum Gasteiger partial charge on any atom is 0.309 e. The third-order valence-corrected chi connectivity index (χ3v) is 2.58. The van der Waals surface area contributed by atoms with Crippen molar-refractivity contribution in [1.82, 2.24) is 4.98 Å². The molecule has 0 aliphatic rings. The van der Waals surface area contributed by atoms with Gasteiger partial charge in [0.05, 0.1) is 12.1 Å². The van der Waals surface area contributed by atoms with E-state index >= 15 is 0 Å². The summed E-state index contributed by atoms with van der Waals surface area (Å²) >= 11 is 0. The Morgan fingerprint density at radius 3 is 2.65 bits per heavy atom. The number of aromatic nitrogens is 1. The number of carboxylic acids is 1. The second-order valence-corrected chi connectivity index (χ2v) is 3.93. The van der Waals surface area contributed by atoms with E-state index in [4.69, 9.17) is 5.11 Å². The third-order valence-electron chi connectivity index (χ3n) is 2.58. The molecule has 0 fully saturated rings. The number of benzene rings is 1. The van der Waals surface area contributed by atoms with Crippen molar-refractivity contribution < 1.29 is 9.90 Å². The molecule has 0 spiro atoms. The summed E-state index contributed by atoms with van der Waals surface area (Å²) in [6.07, 6.45) is 1.68. The number of hydrogen-bond acceptors (Lipinski definition) is 2. The van der Waals surface area contributed by atoms with Crippen molar-refractivity contribution in [2.75, 3.05) is 0 Å². The number of carboxylic acid groups (broad SMARTS) is 1. The lowest BCUT2D eigenvalue weighted by Crippen LogP contribution is -2.03. The van der Waals surface area contributed by atoms with Crippen LogP contribution in [0.3, 0.4) is 0 Å². The zero-order valence-corrected chi connectivity index (χ0v) is 9.55. The summed E-state index contributed by atoms with van der Waals surface area (Å²) in [6.45, 7) is 1.97. The molecule has 0 aliphatic heterocycles. The molecule has 0 bridgehead atoms. The van der Waals surface area contributed by atoms with E-state index in [0.29, 0.717) is 5.69 Å². The van der Waals surface area contributed by atoms with E-state index in [1.807, 2.05) is 43.3 Å². The standard InChI is InChI=1S/C14H13NO2/c1-10-9-15-12(8-14(16)17)7-13(10)11-5-3-2-4-6-11/h2-7,9H,8H2,1H3,(H,16,17). The normalized spacial score (nSPS) is 10.2. The van der Waals surface area contributed by atoms with E-state index in [2.05, 4.69) is 4.98 Å². The van der Waals surface area contributed by atoms with E-state index in [9.17, 15) is 4.79 Å². The first kappa shape index (κ1) is 11.3. The Kier molecular flexibility index (Phi) is 3.19. The molecule has 0 saturated heterocycles. The topological polar surface area (TPSA) is 50.2 Å². The number of nitrogens with zero attached hydrogens (tertiary/aromatic N) is 1. The second-order valence-electron chi connectivity index (χ2n) is 3.93. The van der Waals surface area contributed by atoms with Gasteiger partial charge in [-0.25, -0.2) is 0 Å². The predicted octanol–water partition coefficient (Wildman–Crippen LogP) is 2.68. The third kappa shape index (κ3) is 2.69. The number of aryl methyl sites for hydroxylation is 1. The van der Waals surface area contributed by atoms with Gasteiger partial charge in [0.1, 0.15) is 0 Å². The first-order valence-corrected chi connectivity index (χ1v) is 5.39. The Hall–Kier alpha value is -2.16. The van der Waals surface area contributed by atoms with Crippen molar-refractivity contribution in [2.24, 2.45) is 0 Å². The minimum absolute atomic E-state index is 0.0416. The molecule has 17 heavy (non-hydrogen) atoms. The van der Waals surface area contributed by atoms with Gasteiger partial charge in [-0.2, -0.15) is 0 Å². The number of carbonyl (C=O) groups is 1. The second kappa shape index (κ2) is 4.78. The molecule has 0 radical (unpaired) electrons. The van der Waals surface area contributed by atoms with Gasteiger partial charge < -0.3 is 5.11 Å². The quantitative estimate of drug-likeness (QED) is 0.877. The van der Waals surface area contributed by atoms with E-state index in [1.54, 1.807) is 6.20 Å². The molecule has 2 rings (SSSR count). The summed E-state index contributed by atoms with van der Waals surface area (Å²) < 4.78 is 0. The molecular weight excluding hydrogens is 214 g/mol. The first-order chi connectivity index (χ1) is 8.16. The monoisotopic (exact) mass is 227 g/mol. The minimum Gasteiger partial charge on any atom is -0.481 e. The van der Waals surface area contributed by atoms with Crippen LogP contribution in [0.25, 0.3) is 11.1 Å². The molecule has 0 atom stereocenters. The van der Waals surface area contributed by atoms with Crippen molar-refractivity contribution in [3.8, 4) is 11.1 Å². The Morgan fingerprint density at radius 2 is 2.00 bits per heavy atom. The van der Waals surface area contributed by atoms with Gasteiger partial charge in [0.15, 0.2) is 0 Å². The summed E-state index contributed by atoms with van der Waals surface area (Å²) in [7, 11) is 0. The van der Waals surface area contributed by atoms with Gasteiger partial charge in [-0.1, -0.05) is 30.3 Å². The predicted molar refractivity (Wildman–Crippen MR) is 65.7 cm³/mol. The summed E-state index contributed by atoms with van der Waals surface area (Å²) in [5.41, 5.74) is 3.75. The molecule has 3 heteroatoms. The van der Waals surface area contributed by atoms with Crippen LogP contribution >= 0.6 is 0 Å². The van der Waals surface area contributed by atoms with Crippen LogP contribution in [0.5, 0.6) is 0 Å². The average Bonchev–Trinajstić information content (AvgIpc) is 2.32. The Morgan fingerprint density at radius 1 is 1.29 bits per heavy atom. The highest BCUT2D eigenvalue weighted by Gasteiger charge is 2.06. The molecule has 1 aromatic heterocycles. The minimum atomic E-state index is -0.861. The zero-order chi connectivity index (χ0) is 12.3. The summed E-state index contributed by atoms with van der Waals surface area (Å²) in [6, 6.07) is 11.7. The van der Waals surface area contributed by atoms with Crippen molar-refractivity contribution >= 4 is 5.97 Å². The average molecular weight is 227 g/mol. The van der Waals surface area contributed by atoms with Crippen LogP contribution in [0, 0.1) is 6.92 Å². The highest BCUT2D eigenvalue weighted by atomic mass is 16.4. The molecule has 3 nitrogen and oxygen atoms in total. The van der Waals surface area contributed by atoms with Crippen LogP contribution in [0.4, 0.5) is 0 Å². The number of aliphatic carboxylic acids is 1. The zero-order valence-electron chi connectivity index (χ0n) is 9.55. The van der Waals surface area contributed by atoms with Gasteiger partial charge in [0.2, 0.25) is 0 Å². The van der Waals surface area contributed by atoms with Gasteiger partial charge in [-0.05, 0) is 29.7 Å². The lowest BCUT2D eigenvalue weighted by Gasteiger charge is -2.07. The van der Waals surface area contributed by atoms with E-state index in [1.165, 1.54) is 0 Å². The molecule has 1 aromatic carbocycles. The maximum absolute atomic E-state index is 10.7. The molecular formula is C14H13NO2. The first-order valence-electron chi connectivity index (χ1n) is 5.39. The van der Waals surface area contributed by atoms with Crippen molar-refractivity contribution in [2.45, 2.75) is 13.3 Å². The fourth-order valence-corrected chi connectivity index (χ4v) is 1.75. The fraction of sp³-hybridized carbons (Fsp3) is 0.143. The lowest BCUT2D eigenvalue weighted by molar-refractivity contribution is -0.136. The molecule has 0 unspecified atom stereocenters. The molecule has 86 valence electrons. The smallest absolute Gasteiger partial charge is 0.309 e. The van der Waals surface area contributed by atoms with Crippen LogP contribution in [0.2, 0.25) is 0 Å². The molecule has 1 heterocycles. The van der Waals surface area contributed by atoms with Gasteiger partial charge in [-0.3, -0.25) is 9.78 Å². The van der Waals surface area contributed by atoms with Crippen molar-refractivity contribution in [3.05, 3.63) is 53.9 Å². The molecule has 0 amide bonds. The van der Waals surface area contributed by atoms with E-state index in [0.717, 1.165) is 16.7 Å². The Bertz CT molecular complexity index is 535. The Balaban J connectivity index is 2.43. The highest BCUT2D eigenvalue weighted by molar-refractivity contribution is 5.72. The fourth-order valence-electron chi connectivity index (χ4n) is 1.75. The number of rotatable bonds is 3. The van der Waals surface area contributed by atoms with E-state index in [-0.39, 0.29) is 6.42 Å². The van der Waals surface area contributed by atoms with Crippen LogP contribution in [0.1, 0.15) is 11.3 Å². The van der Waals surface area contributed by atoms with Crippen LogP contribution in [-0.2, 0) is 11.2 Å². The highest BCUT2D eigenvalue weighted by Crippen LogP contribution is 2.23. The largest absolute Gasteiger partial charge is 0.481 e. The molecule has 1 N–H and O–H groups in total. The molecule has 0 saturated carbocycles. The number of pyridine rings is 1. The van der Waals surface area contributed by atoms with Gasteiger partial charge >= 0.3 is 5.97 Å². The maximum atomic E-state index is 10.7. The van der Waals surface area contributed by atoms with Gasteiger partial charge in [-0.15, -0.1) is 0 Å². The van der Waals surface area contributed by atoms with Gasteiger partial charge in [0.25, 0.3) is 0 Å². The summed E-state index contributed by atoms with van der Waals surface area (Å²) in [4.78, 5) is 14.8.